The molecule has 0 aromatic carbocycles. The van der Waals surface area contributed by atoms with E-state index in [2.05, 4.69) is 48.8 Å². The molecule has 0 radical (unpaired) electrons. The van der Waals surface area contributed by atoms with Crippen LogP contribution in [-0.2, 0) is 17.0 Å². The minimum Gasteiger partial charge on any atom is -0.416 e. The van der Waals surface area contributed by atoms with Crippen molar-refractivity contribution >= 4 is 31.3 Å². The van der Waals surface area contributed by atoms with E-state index in [0.717, 1.165) is 17.5 Å². The molecule has 27 heavy (non-hydrogen) atoms. The number of aromatic nitrogens is 3. The van der Waals surface area contributed by atoms with Gasteiger partial charge in [-0.1, -0.05) is 20.8 Å². The molecule has 0 fully saturated rings. The summed E-state index contributed by atoms with van der Waals surface area (Å²) in [6.45, 7) is 10.6. The molecular weight excluding hydrogens is 422 g/mol. The van der Waals surface area contributed by atoms with Gasteiger partial charge in [-0.25, -0.2) is 19.3 Å². The van der Waals surface area contributed by atoms with Gasteiger partial charge in [0.25, 0.3) is 0 Å². The van der Waals surface area contributed by atoms with Crippen LogP contribution in [0.3, 0.4) is 0 Å². The lowest BCUT2D eigenvalue weighted by molar-refractivity contribution is -0.140. The van der Waals surface area contributed by atoms with Crippen LogP contribution < -0.4 is 0 Å². The molecule has 11 heteroatoms. The molecule has 0 N–H and O–H groups in total. The van der Waals surface area contributed by atoms with Crippen molar-refractivity contribution in [2.75, 3.05) is 6.61 Å². The van der Waals surface area contributed by atoms with Gasteiger partial charge in [0.2, 0.25) is 5.28 Å². The monoisotopic (exact) mass is 441 g/mol. The molecule has 0 aliphatic carbocycles. The number of alkyl halides is 3. The SMILES string of the molecule is CC(C)(C)[Si](C)(C)OCCc1nc(C(F)(F)F)c(-c2nc(Cl)ncc2F)s1. The second-order valence-corrected chi connectivity index (χ2v) is 13.7. The van der Waals surface area contributed by atoms with Crippen LogP contribution in [0.1, 0.15) is 31.5 Å². The van der Waals surface area contributed by atoms with Gasteiger partial charge < -0.3 is 4.43 Å². The van der Waals surface area contributed by atoms with Crippen LogP contribution in [0.25, 0.3) is 10.6 Å². The van der Waals surface area contributed by atoms with Crippen molar-refractivity contribution in [3.05, 3.63) is 28.0 Å². The average molecular weight is 442 g/mol. The maximum Gasteiger partial charge on any atom is 0.434 e. The lowest BCUT2D eigenvalue weighted by Crippen LogP contribution is -2.41. The van der Waals surface area contributed by atoms with Crippen molar-refractivity contribution in [3.8, 4) is 10.6 Å². The van der Waals surface area contributed by atoms with Crippen LogP contribution in [0.5, 0.6) is 0 Å². The van der Waals surface area contributed by atoms with Gasteiger partial charge in [-0.2, -0.15) is 13.2 Å². The first-order valence-electron chi connectivity index (χ1n) is 8.11. The van der Waals surface area contributed by atoms with E-state index in [1.807, 2.05) is 0 Å². The maximum absolute atomic E-state index is 14.0. The zero-order valence-corrected chi connectivity index (χ0v) is 18.1. The number of hydrogen-bond acceptors (Lipinski definition) is 5. The van der Waals surface area contributed by atoms with Crippen molar-refractivity contribution in [1.29, 1.82) is 0 Å². The summed E-state index contributed by atoms with van der Waals surface area (Å²) in [5.41, 5.74) is -1.68. The van der Waals surface area contributed by atoms with Crippen LogP contribution in [0, 0.1) is 5.82 Å². The quantitative estimate of drug-likeness (QED) is 0.325. The van der Waals surface area contributed by atoms with Gasteiger partial charge in [0, 0.05) is 13.0 Å². The van der Waals surface area contributed by atoms with Gasteiger partial charge in [0.1, 0.15) is 5.69 Å². The lowest BCUT2D eigenvalue weighted by atomic mass is 10.2. The summed E-state index contributed by atoms with van der Waals surface area (Å²) >= 11 is 6.35. The third kappa shape index (κ3) is 5.24. The highest BCUT2D eigenvalue weighted by atomic mass is 35.5. The Balaban J connectivity index is 2.30. The molecule has 0 saturated heterocycles. The van der Waals surface area contributed by atoms with Crippen molar-refractivity contribution in [2.24, 2.45) is 0 Å². The third-order valence-corrected chi connectivity index (χ3v) is 10.3. The predicted molar refractivity (Wildman–Crippen MR) is 100.0 cm³/mol. The molecule has 2 heterocycles. The van der Waals surface area contributed by atoms with E-state index in [9.17, 15) is 17.6 Å². The average Bonchev–Trinajstić information content (AvgIpc) is 2.92. The molecular formula is C16H20ClF4N3OSSi. The largest absolute Gasteiger partial charge is 0.434 e. The third-order valence-electron chi connectivity index (χ3n) is 4.45. The van der Waals surface area contributed by atoms with Gasteiger partial charge in [-0.15, -0.1) is 11.3 Å². The molecule has 0 aliphatic heterocycles. The first-order valence-corrected chi connectivity index (χ1v) is 12.2. The normalized spacial score (nSPS) is 13.3. The second kappa shape index (κ2) is 7.73. The van der Waals surface area contributed by atoms with E-state index in [1.54, 1.807) is 0 Å². The fourth-order valence-corrected chi connectivity index (χ4v) is 4.17. The molecule has 0 unspecified atom stereocenters. The van der Waals surface area contributed by atoms with Crippen LogP contribution in [0.4, 0.5) is 17.6 Å². The first-order chi connectivity index (χ1) is 12.2. The van der Waals surface area contributed by atoms with E-state index in [0.29, 0.717) is 0 Å². The Morgan fingerprint density at radius 2 is 1.81 bits per heavy atom. The number of rotatable bonds is 5. The highest BCUT2D eigenvalue weighted by Gasteiger charge is 2.40. The van der Waals surface area contributed by atoms with Crippen molar-refractivity contribution in [3.63, 3.8) is 0 Å². The summed E-state index contributed by atoms with van der Waals surface area (Å²) < 4.78 is 60.1. The van der Waals surface area contributed by atoms with Crippen LogP contribution in [0.2, 0.25) is 23.4 Å². The highest BCUT2D eigenvalue weighted by molar-refractivity contribution is 7.15. The van der Waals surface area contributed by atoms with Crippen molar-refractivity contribution < 1.29 is 22.0 Å². The standard InChI is InChI=1S/C16H20ClF4N3OSSi/c1-15(2,3)27(4,5)25-7-6-10-23-13(16(19,20)21)12(26-10)11-9(18)8-22-14(17)24-11/h8H,6-7H2,1-5H3. The smallest absolute Gasteiger partial charge is 0.416 e. The lowest BCUT2D eigenvalue weighted by Gasteiger charge is -2.36. The minimum atomic E-state index is -4.74. The summed E-state index contributed by atoms with van der Waals surface area (Å²) in [6.07, 6.45) is -3.81. The van der Waals surface area contributed by atoms with Crippen LogP contribution in [0.15, 0.2) is 6.20 Å². The molecule has 0 aliphatic rings. The maximum atomic E-state index is 14.0. The van der Waals surface area contributed by atoms with Crippen molar-refractivity contribution in [2.45, 2.75) is 51.5 Å². The van der Waals surface area contributed by atoms with E-state index in [4.69, 9.17) is 16.0 Å². The van der Waals surface area contributed by atoms with Crippen molar-refractivity contribution in [1.82, 2.24) is 15.0 Å². The molecule has 0 atom stereocenters. The number of halogens is 5. The Morgan fingerprint density at radius 1 is 1.19 bits per heavy atom. The number of hydrogen-bond donors (Lipinski definition) is 0. The molecule has 4 nitrogen and oxygen atoms in total. The summed E-state index contributed by atoms with van der Waals surface area (Å²) in [6, 6.07) is 0. The van der Waals surface area contributed by atoms with E-state index < -0.39 is 36.6 Å². The Bertz CT molecular complexity index is 821. The van der Waals surface area contributed by atoms with Gasteiger partial charge >= 0.3 is 6.18 Å². The van der Waals surface area contributed by atoms with E-state index in [1.165, 1.54) is 0 Å². The van der Waals surface area contributed by atoms with Gasteiger partial charge in [0.05, 0.1) is 16.1 Å². The van der Waals surface area contributed by atoms with E-state index >= 15 is 0 Å². The number of nitrogens with zero attached hydrogens (tertiary/aromatic N) is 3. The molecule has 0 saturated carbocycles. The van der Waals surface area contributed by atoms with E-state index in [-0.39, 0.29) is 28.4 Å². The molecule has 0 bridgehead atoms. The Hall–Kier alpha value is -1.10. The molecule has 2 aromatic heterocycles. The van der Waals surface area contributed by atoms with Crippen LogP contribution in [-0.4, -0.2) is 29.9 Å². The fourth-order valence-electron chi connectivity index (χ4n) is 1.94. The first kappa shape index (κ1) is 22.2. The summed E-state index contributed by atoms with van der Waals surface area (Å²) in [7, 11) is -2.03. The van der Waals surface area contributed by atoms with Gasteiger partial charge in [-0.3, -0.25) is 0 Å². The number of thiazole rings is 1. The zero-order valence-electron chi connectivity index (χ0n) is 15.5. The fraction of sp³-hybridized carbons (Fsp3) is 0.562. The Morgan fingerprint density at radius 3 is 2.37 bits per heavy atom. The zero-order chi connectivity index (χ0) is 20.6. The topological polar surface area (TPSA) is 47.9 Å². The Kier molecular flexibility index (Phi) is 6.35. The molecule has 2 rings (SSSR count). The molecule has 2 aromatic rings. The minimum absolute atomic E-state index is 0.0149. The molecule has 0 amide bonds. The predicted octanol–water partition coefficient (Wildman–Crippen LogP) is 5.98. The molecule has 0 spiro atoms. The van der Waals surface area contributed by atoms with Gasteiger partial charge in [-0.05, 0) is 29.7 Å². The summed E-state index contributed by atoms with van der Waals surface area (Å²) in [5.74, 6) is -0.988. The summed E-state index contributed by atoms with van der Waals surface area (Å²) in [4.78, 5) is 10.3. The van der Waals surface area contributed by atoms with Crippen LogP contribution >= 0.6 is 22.9 Å². The molecule has 150 valence electrons. The highest BCUT2D eigenvalue weighted by Crippen LogP contribution is 2.41. The Labute approximate surface area is 165 Å². The summed E-state index contributed by atoms with van der Waals surface area (Å²) in [5, 5.41) is -0.153. The van der Waals surface area contributed by atoms with Gasteiger partial charge in [0.15, 0.2) is 19.8 Å². The second-order valence-electron chi connectivity index (χ2n) is 7.48.